The molecule has 5 nitrogen and oxygen atoms in total. The number of hydrogen-bond donors (Lipinski definition) is 1. The Labute approximate surface area is 127 Å². The van der Waals surface area contributed by atoms with Crippen molar-refractivity contribution >= 4 is 15.9 Å². The van der Waals surface area contributed by atoms with E-state index in [1.165, 1.54) is 0 Å². The number of nitrogens with one attached hydrogen (secondary N) is 1. The highest BCUT2D eigenvalue weighted by Gasteiger charge is 2.13. The first-order valence-corrected chi connectivity index (χ1v) is 7.18. The van der Waals surface area contributed by atoms with Crippen molar-refractivity contribution in [2.45, 2.75) is 32.9 Å². The number of rotatable bonds is 4. The molecule has 0 aliphatic heterocycles. The molecule has 1 aromatic carbocycles. The van der Waals surface area contributed by atoms with Crippen LogP contribution in [0.25, 0.3) is 5.69 Å². The predicted octanol–water partition coefficient (Wildman–Crippen LogP) is 2.93. The van der Waals surface area contributed by atoms with E-state index in [0.717, 1.165) is 21.6 Å². The summed E-state index contributed by atoms with van der Waals surface area (Å²) in [6, 6.07) is 5.85. The highest BCUT2D eigenvalue weighted by molar-refractivity contribution is 9.10. The number of hydrogen-bond acceptors (Lipinski definition) is 4. The molecule has 0 radical (unpaired) electrons. The predicted molar refractivity (Wildman–Crippen MR) is 82.2 cm³/mol. The number of ether oxygens (including phenoxy) is 1. The fourth-order valence-corrected chi connectivity index (χ4v) is 2.14. The van der Waals surface area contributed by atoms with Crippen LogP contribution in [0.5, 0.6) is 5.75 Å². The van der Waals surface area contributed by atoms with Gasteiger partial charge in [-0.3, -0.25) is 0 Å². The minimum Gasteiger partial charge on any atom is -0.495 e. The van der Waals surface area contributed by atoms with E-state index in [1.807, 2.05) is 22.9 Å². The second-order valence-corrected chi connectivity index (χ2v) is 6.41. The first kappa shape index (κ1) is 15.0. The van der Waals surface area contributed by atoms with Crippen LogP contribution in [-0.4, -0.2) is 27.6 Å². The lowest BCUT2D eigenvalue weighted by Gasteiger charge is -2.20. The van der Waals surface area contributed by atoms with Crippen molar-refractivity contribution in [3.8, 4) is 11.4 Å². The van der Waals surface area contributed by atoms with Crippen molar-refractivity contribution in [3.05, 3.63) is 34.6 Å². The van der Waals surface area contributed by atoms with Crippen molar-refractivity contribution in [2.75, 3.05) is 7.11 Å². The van der Waals surface area contributed by atoms with E-state index in [4.69, 9.17) is 4.74 Å². The maximum Gasteiger partial charge on any atom is 0.135 e. The van der Waals surface area contributed by atoms with Crippen LogP contribution in [0, 0.1) is 0 Å². The lowest BCUT2D eigenvalue weighted by atomic mass is 10.1. The normalized spacial score (nSPS) is 11.7. The fourth-order valence-electron chi connectivity index (χ4n) is 1.73. The minimum absolute atomic E-state index is 0.0481. The molecule has 0 bridgehead atoms. The van der Waals surface area contributed by atoms with Crippen LogP contribution in [0.3, 0.4) is 0 Å². The van der Waals surface area contributed by atoms with Gasteiger partial charge < -0.3 is 10.1 Å². The quantitative estimate of drug-likeness (QED) is 0.931. The third-order valence-electron chi connectivity index (χ3n) is 2.80. The van der Waals surface area contributed by atoms with E-state index >= 15 is 0 Å². The smallest absolute Gasteiger partial charge is 0.135 e. The van der Waals surface area contributed by atoms with Crippen LogP contribution in [-0.2, 0) is 6.54 Å². The molecule has 1 heterocycles. The van der Waals surface area contributed by atoms with Gasteiger partial charge in [0, 0.05) is 18.2 Å². The van der Waals surface area contributed by atoms with Gasteiger partial charge >= 0.3 is 0 Å². The van der Waals surface area contributed by atoms with Gasteiger partial charge in [-0.25, -0.2) is 4.68 Å². The Bertz CT molecular complexity index is 589. The molecule has 0 atom stereocenters. The molecule has 0 fully saturated rings. The molecule has 108 valence electrons. The third-order valence-corrected chi connectivity index (χ3v) is 3.45. The summed E-state index contributed by atoms with van der Waals surface area (Å²) in [5.41, 5.74) is 1.98. The highest BCUT2D eigenvalue weighted by Crippen LogP contribution is 2.27. The molecule has 0 amide bonds. The second-order valence-electron chi connectivity index (χ2n) is 5.56. The van der Waals surface area contributed by atoms with Gasteiger partial charge in [-0.05, 0) is 48.8 Å². The molecule has 0 spiro atoms. The minimum atomic E-state index is 0.0481. The van der Waals surface area contributed by atoms with Crippen LogP contribution < -0.4 is 10.1 Å². The molecule has 0 saturated heterocycles. The maximum atomic E-state index is 5.31. The van der Waals surface area contributed by atoms with Crippen LogP contribution in [0.2, 0.25) is 0 Å². The molecule has 6 heteroatoms. The zero-order chi connectivity index (χ0) is 14.8. The molecular weight excluding hydrogens is 320 g/mol. The van der Waals surface area contributed by atoms with E-state index < -0.39 is 0 Å². The summed E-state index contributed by atoms with van der Waals surface area (Å²) in [6.45, 7) is 7.09. The molecule has 0 unspecified atom stereocenters. The summed E-state index contributed by atoms with van der Waals surface area (Å²) in [5, 5.41) is 11.6. The van der Waals surface area contributed by atoms with Crippen molar-refractivity contribution in [1.29, 1.82) is 0 Å². The van der Waals surface area contributed by atoms with Crippen molar-refractivity contribution in [1.82, 2.24) is 20.3 Å². The molecule has 20 heavy (non-hydrogen) atoms. The monoisotopic (exact) mass is 338 g/mol. The van der Waals surface area contributed by atoms with E-state index in [-0.39, 0.29) is 5.54 Å². The Balaban J connectivity index is 2.27. The molecule has 0 aliphatic carbocycles. The number of benzene rings is 1. The van der Waals surface area contributed by atoms with Gasteiger partial charge in [0.2, 0.25) is 0 Å². The topological polar surface area (TPSA) is 52.0 Å². The average molecular weight is 339 g/mol. The summed E-state index contributed by atoms with van der Waals surface area (Å²) in [7, 11) is 1.65. The van der Waals surface area contributed by atoms with Gasteiger partial charge in [-0.15, -0.1) is 5.10 Å². The lowest BCUT2D eigenvalue weighted by Crippen LogP contribution is -2.35. The van der Waals surface area contributed by atoms with E-state index in [9.17, 15) is 0 Å². The van der Waals surface area contributed by atoms with Crippen LogP contribution in [0.1, 0.15) is 26.5 Å². The van der Waals surface area contributed by atoms with Crippen molar-refractivity contribution in [2.24, 2.45) is 0 Å². The van der Waals surface area contributed by atoms with Gasteiger partial charge in [-0.1, -0.05) is 5.21 Å². The molecule has 0 aliphatic rings. The molecule has 1 aromatic heterocycles. The van der Waals surface area contributed by atoms with E-state index in [2.05, 4.69) is 52.3 Å². The summed E-state index contributed by atoms with van der Waals surface area (Å²) in [4.78, 5) is 0. The average Bonchev–Trinajstić information content (AvgIpc) is 2.84. The molecular formula is C14H19BrN4O. The Kier molecular flexibility index (Phi) is 4.45. The number of methoxy groups -OCH3 is 1. The highest BCUT2D eigenvalue weighted by atomic mass is 79.9. The van der Waals surface area contributed by atoms with Gasteiger partial charge in [-0.2, -0.15) is 0 Å². The first-order valence-electron chi connectivity index (χ1n) is 6.39. The molecule has 2 aromatic rings. The van der Waals surface area contributed by atoms with Crippen LogP contribution in [0.4, 0.5) is 0 Å². The first-order chi connectivity index (χ1) is 9.40. The maximum absolute atomic E-state index is 5.31. The van der Waals surface area contributed by atoms with E-state index in [1.54, 1.807) is 13.3 Å². The Morgan fingerprint density at radius 2 is 2.10 bits per heavy atom. The Morgan fingerprint density at radius 3 is 2.75 bits per heavy atom. The van der Waals surface area contributed by atoms with Gasteiger partial charge in [0.25, 0.3) is 0 Å². The van der Waals surface area contributed by atoms with Crippen molar-refractivity contribution in [3.63, 3.8) is 0 Å². The zero-order valence-corrected chi connectivity index (χ0v) is 13.7. The number of nitrogens with zero attached hydrogens (tertiary/aromatic N) is 3. The Hall–Kier alpha value is -1.40. The van der Waals surface area contributed by atoms with Crippen LogP contribution >= 0.6 is 15.9 Å². The largest absolute Gasteiger partial charge is 0.495 e. The summed E-state index contributed by atoms with van der Waals surface area (Å²) in [5.74, 6) is 0.771. The summed E-state index contributed by atoms with van der Waals surface area (Å²) >= 11 is 3.45. The Morgan fingerprint density at radius 1 is 1.35 bits per heavy atom. The fraction of sp³-hybridized carbons (Fsp3) is 0.429. The van der Waals surface area contributed by atoms with Gasteiger partial charge in [0.05, 0.1) is 29.2 Å². The van der Waals surface area contributed by atoms with Gasteiger partial charge in [0.1, 0.15) is 5.75 Å². The number of aromatic nitrogens is 3. The van der Waals surface area contributed by atoms with Crippen LogP contribution in [0.15, 0.2) is 28.9 Å². The lowest BCUT2D eigenvalue weighted by molar-refractivity contribution is 0.410. The molecule has 2 rings (SSSR count). The molecule has 0 saturated carbocycles. The third kappa shape index (κ3) is 3.58. The molecule has 1 N–H and O–H groups in total. The summed E-state index contributed by atoms with van der Waals surface area (Å²) in [6.07, 6.45) is 1.77. The van der Waals surface area contributed by atoms with Crippen molar-refractivity contribution < 1.29 is 4.74 Å². The standard InChI is InChI=1S/C14H19BrN4O/c1-14(2,3)16-8-11-9-17-18-19(11)10-5-6-12(15)13(7-10)20-4/h5-7,9,16H,8H2,1-4H3. The summed E-state index contributed by atoms with van der Waals surface area (Å²) < 4.78 is 8.04. The number of halogens is 1. The van der Waals surface area contributed by atoms with Gasteiger partial charge in [0.15, 0.2) is 0 Å². The zero-order valence-electron chi connectivity index (χ0n) is 12.1. The SMILES string of the molecule is COc1cc(-n2nncc2CNC(C)(C)C)ccc1Br. The van der Waals surface area contributed by atoms with E-state index in [0.29, 0.717) is 6.54 Å². The second kappa shape index (κ2) is 5.93.